The van der Waals surface area contributed by atoms with Crippen LogP contribution in [0.5, 0.6) is 0 Å². The maximum absolute atomic E-state index is 12.4. The number of rotatable bonds is 4. The molecule has 0 radical (unpaired) electrons. The van der Waals surface area contributed by atoms with Crippen molar-refractivity contribution in [2.45, 2.75) is 31.8 Å². The predicted octanol–water partition coefficient (Wildman–Crippen LogP) is 0.854. The molecule has 1 aliphatic carbocycles. The Balaban J connectivity index is 1.59. The second-order valence-corrected chi connectivity index (χ2v) is 7.98. The van der Waals surface area contributed by atoms with Gasteiger partial charge < -0.3 is 9.47 Å². The Hall–Kier alpha value is -0.170. The molecule has 0 aromatic rings. The van der Waals surface area contributed by atoms with Crippen molar-refractivity contribution in [3.05, 3.63) is 0 Å². The zero-order valence-corrected chi connectivity index (χ0v) is 12.1. The van der Waals surface area contributed by atoms with Gasteiger partial charge in [0.15, 0.2) is 0 Å². The quantitative estimate of drug-likeness (QED) is 0.770. The van der Waals surface area contributed by atoms with E-state index in [9.17, 15) is 8.42 Å². The van der Waals surface area contributed by atoms with Crippen LogP contribution in [0, 0.1) is 11.8 Å². The number of nitrogens with zero attached hydrogens (tertiary/aromatic N) is 1. The first-order valence-corrected chi connectivity index (χ1v) is 8.93. The molecular formula is C13H23NO4S. The summed E-state index contributed by atoms with van der Waals surface area (Å²) in [7, 11) is -3.14. The highest BCUT2D eigenvalue weighted by Crippen LogP contribution is 2.33. The smallest absolute Gasteiger partial charge is 0.214 e. The fourth-order valence-corrected chi connectivity index (χ4v) is 4.91. The highest BCUT2D eigenvalue weighted by molar-refractivity contribution is 7.89. The third-order valence-corrected chi connectivity index (χ3v) is 6.61. The van der Waals surface area contributed by atoms with E-state index in [1.165, 1.54) is 19.3 Å². The Kier molecular flexibility index (Phi) is 4.12. The number of sulfonamides is 1. The van der Waals surface area contributed by atoms with E-state index in [0.717, 1.165) is 6.42 Å². The van der Waals surface area contributed by atoms with E-state index in [-0.39, 0.29) is 17.8 Å². The van der Waals surface area contributed by atoms with Gasteiger partial charge in [-0.05, 0) is 31.1 Å². The minimum absolute atomic E-state index is 0.122. The van der Waals surface area contributed by atoms with E-state index < -0.39 is 10.0 Å². The minimum Gasteiger partial charge on any atom is -0.381 e. The second kappa shape index (κ2) is 5.68. The molecule has 5 nitrogen and oxygen atoms in total. The van der Waals surface area contributed by atoms with E-state index in [1.807, 2.05) is 0 Å². The number of hydrogen-bond donors (Lipinski definition) is 0. The fraction of sp³-hybridized carbons (Fsp3) is 1.00. The van der Waals surface area contributed by atoms with Crippen LogP contribution < -0.4 is 0 Å². The summed E-state index contributed by atoms with van der Waals surface area (Å²) in [5, 5.41) is 0. The summed E-state index contributed by atoms with van der Waals surface area (Å²) >= 11 is 0. The molecule has 3 fully saturated rings. The van der Waals surface area contributed by atoms with Crippen LogP contribution in [0.3, 0.4) is 0 Å². The first-order valence-electron chi connectivity index (χ1n) is 7.32. The van der Waals surface area contributed by atoms with Gasteiger partial charge >= 0.3 is 0 Å². The molecule has 2 atom stereocenters. The molecule has 0 N–H and O–H groups in total. The van der Waals surface area contributed by atoms with Crippen LogP contribution in [0.15, 0.2) is 0 Å². The summed E-state index contributed by atoms with van der Waals surface area (Å²) in [6, 6.07) is 0. The van der Waals surface area contributed by atoms with Gasteiger partial charge in [-0.1, -0.05) is 6.42 Å². The van der Waals surface area contributed by atoms with Crippen LogP contribution in [0.4, 0.5) is 0 Å². The van der Waals surface area contributed by atoms with Gasteiger partial charge in [-0.15, -0.1) is 0 Å². The van der Waals surface area contributed by atoms with Crippen LogP contribution >= 0.6 is 0 Å². The molecular weight excluding hydrogens is 266 g/mol. The van der Waals surface area contributed by atoms with Crippen molar-refractivity contribution in [3.63, 3.8) is 0 Å². The molecule has 2 aliphatic heterocycles. The Morgan fingerprint density at radius 3 is 2.63 bits per heavy atom. The van der Waals surface area contributed by atoms with Gasteiger partial charge in [0.1, 0.15) is 0 Å². The topological polar surface area (TPSA) is 55.8 Å². The standard InChI is InChI=1S/C13H23NO4S/c15-19(16,10-11-4-6-17-9-11)14-5-7-18-13(8-14)12-2-1-3-12/h11-13H,1-10H2. The van der Waals surface area contributed by atoms with E-state index >= 15 is 0 Å². The lowest BCUT2D eigenvalue weighted by Crippen LogP contribution is -2.50. The Morgan fingerprint density at radius 2 is 2.00 bits per heavy atom. The molecule has 3 rings (SSSR count). The Labute approximate surface area is 115 Å². The van der Waals surface area contributed by atoms with Gasteiger partial charge in [-0.25, -0.2) is 8.42 Å². The summed E-state index contributed by atoms with van der Waals surface area (Å²) in [6.07, 6.45) is 4.63. The van der Waals surface area contributed by atoms with Crippen LogP contribution in [-0.4, -0.2) is 57.5 Å². The summed E-state index contributed by atoms with van der Waals surface area (Å²) in [5.74, 6) is 0.993. The van der Waals surface area contributed by atoms with Crippen molar-refractivity contribution in [1.29, 1.82) is 0 Å². The van der Waals surface area contributed by atoms with Crippen LogP contribution in [-0.2, 0) is 19.5 Å². The maximum Gasteiger partial charge on any atom is 0.214 e. The molecule has 3 aliphatic rings. The fourth-order valence-electron chi connectivity index (χ4n) is 3.12. The van der Waals surface area contributed by atoms with Crippen molar-refractivity contribution < 1.29 is 17.9 Å². The average molecular weight is 289 g/mol. The van der Waals surface area contributed by atoms with E-state index in [0.29, 0.717) is 38.8 Å². The number of morpholine rings is 1. The average Bonchev–Trinajstić information content (AvgIpc) is 2.79. The van der Waals surface area contributed by atoms with Crippen molar-refractivity contribution in [1.82, 2.24) is 4.31 Å². The first kappa shape index (κ1) is 13.8. The van der Waals surface area contributed by atoms with Crippen molar-refractivity contribution in [2.24, 2.45) is 11.8 Å². The molecule has 110 valence electrons. The molecule has 0 aromatic heterocycles. The Bertz CT molecular complexity index is 401. The number of hydrogen-bond acceptors (Lipinski definition) is 4. The molecule has 0 aromatic carbocycles. The summed E-state index contributed by atoms with van der Waals surface area (Å²) < 4.78 is 37.5. The summed E-state index contributed by atoms with van der Waals surface area (Å²) in [5.41, 5.74) is 0. The SMILES string of the molecule is O=S(=O)(CC1CCOC1)N1CCOC(C2CCC2)C1. The largest absolute Gasteiger partial charge is 0.381 e. The Morgan fingerprint density at radius 1 is 1.16 bits per heavy atom. The van der Waals surface area contributed by atoms with Gasteiger partial charge in [0.2, 0.25) is 10.0 Å². The van der Waals surface area contributed by atoms with Crippen molar-refractivity contribution in [2.75, 3.05) is 38.7 Å². The highest BCUT2D eigenvalue weighted by atomic mass is 32.2. The zero-order chi connectivity index (χ0) is 13.3. The molecule has 19 heavy (non-hydrogen) atoms. The van der Waals surface area contributed by atoms with Gasteiger partial charge in [0, 0.05) is 19.7 Å². The third kappa shape index (κ3) is 3.12. The third-order valence-electron chi connectivity index (χ3n) is 4.60. The van der Waals surface area contributed by atoms with E-state index in [2.05, 4.69) is 0 Å². The van der Waals surface area contributed by atoms with Gasteiger partial charge in [0.05, 0.1) is 25.1 Å². The molecule has 0 bridgehead atoms. The molecule has 2 unspecified atom stereocenters. The minimum atomic E-state index is -3.14. The van der Waals surface area contributed by atoms with E-state index in [4.69, 9.17) is 9.47 Å². The molecule has 0 spiro atoms. The molecule has 0 amide bonds. The molecule has 2 heterocycles. The lowest BCUT2D eigenvalue weighted by atomic mass is 9.81. The lowest BCUT2D eigenvalue weighted by Gasteiger charge is -2.40. The zero-order valence-electron chi connectivity index (χ0n) is 11.3. The number of ether oxygens (including phenoxy) is 2. The summed E-state index contributed by atoms with van der Waals surface area (Å²) in [4.78, 5) is 0. The lowest BCUT2D eigenvalue weighted by molar-refractivity contribution is -0.0542. The van der Waals surface area contributed by atoms with Crippen molar-refractivity contribution in [3.8, 4) is 0 Å². The van der Waals surface area contributed by atoms with E-state index in [1.54, 1.807) is 4.31 Å². The maximum atomic E-state index is 12.4. The van der Waals surface area contributed by atoms with Crippen LogP contribution in [0.1, 0.15) is 25.7 Å². The monoisotopic (exact) mass is 289 g/mol. The molecule has 1 saturated carbocycles. The molecule has 6 heteroatoms. The first-order chi connectivity index (χ1) is 9.15. The second-order valence-electron chi connectivity index (χ2n) is 5.97. The van der Waals surface area contributed by atoms with Gasteiger partial charge in [0.25, 0.3) is 0 Å². The normalized spacial score (nSPS) is 34.3. The van der Waals surface area contributed by atoms with Gasteiger partial charge in [-0.2, -0.15) is 4.31 Å². The van der Waals surface area contributed by atoms with Gasteiger partial charge in [-0.3, -0.25) is 0 Å². The van der Waals surface area contributed by atoms with Crippen LogP contribution in [0.25, 0.3) is 0 Å². The predicted molar refractivity (Wildman–Crippen MR) is 71.4 cm³/mol. The molecule has 2 saturated heterocycles. The van der Waals surface area contributed by atoms with Crippen LogP contribution in [0.2, 0.25) is 0 Å². The van der Waals surface area contributed by atoms with Crippen molar-refractivity contribution >= 4 is 10.0 Å². The summed E-state index contributed by atoms with van der Waals surface area (Å²) in [6.45, 7) is 2.91. The highest BCUT2D eigenvalue weighted by Gasteiger charge is 2.37.